The number of hydrogen-bond donors (Lipinski definition) is 1. The standard InChI is InChI=1S/C12H9NO4S/c14-11(15)10-5-7-1-2-8(6-9(7)17-10)16-12-13-3-4-18-12/h1-4,6,10H,5H2,(H,14,15). The number of aromatic nitrogens is 1. The maximum atomic E-state index is 10.8. The molecule has 92 valence electrons. The van der Waals surface area contributed by atoms with E-state index in [0.29, 0.717) is 23.1 Å². The van der Waals surface area contributed by atoms with Crippen LogP contribution in [0.1, 0.15) is 5.56 Å². The first-order valence-corrected chi connectivity index (χ1v) is 6.20. The van der Waals surface area contributed by atoms with E-state index in [0.717, 1.165) is 5.56 Å². The molecule has 1 aromatic carbocycles. The van der Waals surface area contributed by atoms with Crippen molar-refractivity contribution in [3.8, 4) is 16.7 Å². The number of benzene rings is 1. The number of rotatable bonds is 3. The van der Waals surface area contributed by atoms with Gasteiger partial charge in [-0.2, -0.15) is 0 Å². The largest absolute Gasteiger partial charge is 0.478 e. The molecule has 0 amide bonds. The Morgan fingerprint density at radius 2 is 2.44 bits per heavy atom. The van der Waals surface area contributed by atoms with E-state index in [1.807, 2.05) is 11.4 Å². The molecule has 0 aliphatic carbocycles. The van der Waals surface area contributed by atoms with Gasteiger partial charge in [0.1, 0.15) is 11.5 Å². The number of thiazole rings is 1. The third kappa shape index (κ3) is 2.02. The summed E-state index contributed by atoms with van der Waals surface area (Å²) in [5.41, 5.74) is 0.883. The Labute approximate surface area is 107 Å². The van der Waals surface area contributed by atoms with Gasteiger partial charge >= 0.3 is 5.97 Å². The summed E-state index contributed by atoms with van der Waals surface area (Å²) in [7, 11) is 0. The Bertz CT molecular complexity index is 582. The summed E-state index contributed by atoms with van der Waals surface area (Å²) >= 11 is 1.39. The summed E-state index contributed by atoms with van der Waals surface area (Å²) in [4.78, 5) is 14.9. The van der Waals surface area contributed by atoms with Gasteiger partial charge in [-0.25, -0.2) is 9.78 Å². The van der Waals surface area contributed by atoms with Gasteiger partial charge in [0, 0.05) is 24.1 Å². The monoisotopic (exact) mass is 263 g/mol. The molecule has 2 aromatic rings. The van der Waals surface area contributed by atoms with E-state index in [-0.39, 0.29) is 0 Å². The minimum Gasteiger partial charge on any atom is -0.478 e. The van der Waals surface area contributed by atoms with Gasteiger partial charge in [-0.15, -0.1) is 0 Å². The molecule has 0 saturated heterocycles. The smallest absolute Gasteiger partial charge is 0.345 e. The Hall–Kier alpha value is -2.08. The van der Waals surface area contributed by atoms with Crippen LogP contribution in [-0.4, -0.2) is 22.2 Å². The Kier molecular flexibility index (Phi) is 2.64. The highest BCUT2D eigenvalue weighted by molar-refractivity contribution is 7.11. The molecule has 5 nitrogen and oxygen atoms in total. The van der Waals surface area contributed by atoms with Crippen molar-refractivity contribution in [2.45, 2.75) is 12.5 Å². The fourth-order valence-corrected chi connectivity index (χ4v) is 2.27. The topological polar surface area (TPSA) is 68.7 Å². The lowest BCUT2D eigenvalue weighted by Gasteiger charge is -2.05. The molecule has 0 bridgehead atoms. The first-order chi connectivity index (χ1) is 8.72. The van der Waals surface area contributed by atoms with Crippen LogP contribution >= 0.6 is 11.3 Å². The summed E-state index contributed by atoms with van der Waals surface area (Å²) in [6, 6.07) is 5.30. The molecule has 18 heavy (non-hydrogen) atoms. The van der Waals surface area contributed by atoms with E-state index < -0.39 is 12.1 Å². The van der Waals surface area contributed by atoms with Crippen LogP contribution in [0.2, 0.25) is 0 Å². The van der Waals surface area contributed by atoms with E-state index in [9.17, 15) is 4.79 Å². The third-order valence-corrected chi connectivity index (χ3v) is 3.25. The van der Waals surface area contributed by atoms with Gasteiger partial charge in [0.25, 0.3) is 5.19 Å². The van der Waals surface area contributed by atoms with Gasteiger partial charge in [0.05, 0.1) is 0 Å². The lowest BCUT2D eigenvalue weighted by molar-refractivity contribution is -0.144. The molecule has 0 saturated carbocycles. The second-order valence-corrected chi connectivity index (χ2v) is 4.68. The summed E-state index contributed by atoms with van der Waals surface area (Å²) in [6.45, 7) is 0. The zero-order valence-corrected chi connectivity index (χ0v) is 10.0. The van der Waals surface area contributed by atoms with Gasteiger partial charge < -0.3 is 14.6 Å². The van der Waals surface area contributed by atoms with Crippen LogP contribution < -0.4 is 9.47 Å². The molecule has 2 heterocycles. The minimum absolute atomic E-state index is 0.391. The molecule has 1 aliphatic heterocycles. The molecule has 6 heteroatoms. The lowest BCUT2D eigenvalue weighted by atomic mass is 10.1. The highest BCUT2D eigenvalue weighted by Gasteiger charge is 2.29. The van der Waals surface area contributed by atoms with Crippen molar-refractivity contribution in [3.63, 3.8) is 0 Å². The number of aliphatic carboxylic acids is 1. The van der Waals surface area contributed by atoms with E-state index >= 15 is 0 Å². The number of fused-ring (bicyclic) bond motifs is 1. The average Bonchev–Trinajstić information content (AvgIpc) is 2.96. The minimum atomic E-state index is -0.950. The highest BCUT2D eigenvalue weighted by Crippen LogP contribution is 2.34. The van der Waals surface area contributed by atoms with Crippen molar-refractivity contribution in [1.29, 1.82) is 0 Å². The molecule has 0 spiro atoms. The van der Waals surface area contributed by atoms with Crippen LogP contribution in [0.4, 0.5) is 0 Å². The van der Waals surface area contributed by atoms with E-state index in [1.54, 1.807) is 18.3 Å². The Morgan fingerprint density at radius 1 is 1.56 bits per heavy atom. The van der Waals surface area contributed by atoms with Crippen molar-refractivity contribution in [1.82, 2.24) is 4.98 Å². The molecule has 3 rings (SSSR count). The number of carbonyl (C=O) groups is 1. The second-order valence-electron chi connectivity index (χ2n) is 3.82. The number of carboxylic acid groups (broad SMARTS) is 1. The molecule has 1 N–H and O–H groups in total. The predicted octanol–water partition coefficient (Wildman–Crippen LogP) is 2.32. The van der Waals surface area contributed by atoms with Crippen molar-refractivity contribution < 1.29 is 19.4 Å². The molecule has 1 aliphatic rings. The van der Waals surface area contributed by atoms with Crippen LogP contribution in [0, 0.1) is 0 Å². The van der Waals surface area contributed by atoms with Crippen LogP contribution in [0.15, 0.2) is 29.8 Å². The summed E-state index contributed by atoms with van der Waals surface area (Å²) in [5.74, 6) is 0.208. The van der Waals surface area contributed by atoms with Crippen LogP contribution in [0.5, 0.6) is 16.7 Å². The van der Waals surface area contributed by atoms with E-state index in [2.05, 4.69) is 4.98 Å². The Morgan fingerprint density at radius 3 is 3.17 bits per heavy atom. The molecular weight excluding hydrogens is 254 g/mol. The van der Waals surface area contributed by atoms with Gasteiger partial charge in [-0.3, -0.25) is 0 Å². The third-order valence-electron chi connectivity index (χ3n) is 2.60. The molecule has 1 atom stereocenters. The van der Waals surface area contributed by atoms with Gasteiger partial charge in [0.15, 0.2) is 6.10 Å². The zero-order chi connectivity index (χ0) is 12.5. The van der Waals surface area contributed by atoms with Crippen molar-refractivity contribution in [2.24, 2.45) is 0 Å². The first kappa shape index (κ1) is 11.0. The molecule has 1 aromatic heterocycles. The fraction of sp³-hybridized carbons (Fsp3) is 0.167. The SMILES string of the molecule is O=C(O)C1Cc2ccc(Oc3nccs3)cc2O1. The van der Waals surface area contributed by atoms with Crippen molar-refractivity contribution >= 4 is 17.3 Å². The molecule has 0 fully saturated rings. The van der Waals surface area contributed by atoms with Crippen LogP contribution in [-0.2, 0) is 11.2 Å². The average molecular weight is 263 g/mol. The van der Waals surface area contributed by atoms with E-state index in [4.69, 9.17) is 14.6 Å². The van der Waals surface area contributed by atoms with Crippen molar-refractivity contribution in [2.75, 3.05) is 0 Å². The highest BCUT2D eigenvalue weighted by atomic mass is 32.1. The fourth-order valence-electron chi connectivity index (χ4n) is 1.77. The maximum Gasteiger partial charge on any atom is 0.345 e. The quantitative estimate of drug-likeness (QED) is 0.920. The van der Waals surface area contributed by atoms with Crippen LogP contribution in [0.3, 0.4) is 0 Å². The van der Waals surface area contributed by atoms with Gasteiger partial charge in [-0.05, 0) is 11.6 Å². The Balaban J connectivity index is 1.81. The lowest BCUT2D eigenvalue weighted by Crippen LogP contribution is -2.24. The number of nitrogens with zero attached hydrogens (tertiary/aromatic N) is 1. The van der Waals surface area contributed by atoms with Crippen molar-refractivity contribution in [3.05, 3.63) is 35.3 Å². The molecular formula is C12H9NO4S. The first-order valence-electron chi connectivity index (χ1n) is 5.32. The predicted molar refractivity (Wildman–Crippen MR) is 64.4 cm³/mol. The van der Waals surface area contributed by atoms with Crippen LogP contribution in [0.25, 0.3) is 0 Å². The molecule has 0 radical (unpaired) electrons. The van der Waals surface area contributed by atoms with Gasteiger partial charge in [-0.1, -0.05) is 17.4 Å². The number of carboxylic acids is 1. The number of hydrogen-bond acceptors (Lipinski definition) is 5. The second kappa shape index (κ2) is 4.30. The maximum absolute atomic E-state index is 10.8. The normalized spacial score (nSPS) is 17.0. The number of ether oxygens (including phenoxy) is 2. The summed E-state index contributed by atoms with van der Waals surface area (Å²) in [6.07, 6.45) is 1.25. The zero-order valence-electron chi connectivity index (χ0n) is 9.20. The molecule has 1 unspecified atom stereocenters. The van der Waals surface area contributed by atoms with E-state index in [1.165, 1.54) is 11.3 Å². The summed E-state index contributed by atoms with van der Waals surface area (Å²) in [5, 5.41) is 11.3. The summed E-state index contributed by atoms with van der Waals surface area (Å²) < 4.78 is 10.9. The van der Waals surface area contributed by atoms with Gasteiger partial charge in [0.2, 0.25) is 0 Å².